The Labute approximate surface area is 110 Å². The van der Waals surface area contributed by atoms with Crippen LogP contribution in [0.15, 0.2) is 24.3 Å². The molecule has 0 atom stereocenters. The van der Waals surface area contributed by atoms with Crippen LogP contribution in [0, 0.1) is 0 Å². The molecule has 0 spiro atoms. The van der Waals surface area contributed by atoms with Gasteiger partial charge in [-0.05, 0) is 17.7 Å². The van der Waals surface area contributed by atoms with E-state index in [2.05, 4.69) is 5.32 Å². The predicted molar refractivity (Wildman–Crippen MR) is 49.5 cm³/mol. The van der Waals surface area contributed by atoms with Crippen LogP contribution in [0.25, 0.3) is 0 Å². The van der Waals surface area contributed by atoms with Crippen LogP contribution in [0.3, 0.4) is 0 Å². The maximum Gasteiger partial charge on any atom is 1.00 e. The first kappa shape index (κ1) is 14.2. The molecule has 0 saturated carbocycles. The Bertz CT molecular complexity index is 313. The minimum atomic E-state index is -1.11. The molecule has 15 heavy (non-hydrogen) atoms. The zero-order chi connectivity index (χ0) is 10.6. The number of anilines is 1. The fraction of sp³-hybridized carbons (Fsp3) is 0.200. The Balaban J connectivity index is 0.00000196. The number of hydrogen-bond donors (Lipinski definition) is 1. The van der Waals surface area contributed by atoms with Crippen molar-refractivity contribution in [1.29, 1.82) is 0 Å². The number of amides is 1. The van der Waals surface area contributed by atoms with Crippen LogP contribution >= 0.6 is 0 Å². The smallest absolute Gasteiger partial charge is 0.550 e. The summed E-state index contributed by atoms with van der Waals surface area (Å²) < 4.78 is 0. The van der Waals surface area contributed by atoms with Gasteiger partial charge in [0.1, 0.15) is 0 Å². The summed E-state index contributed by atoms with van der Waals surface area (Å²) in [5.41, 5.74) is 1.30. The van der Waals surface area contributed by atoms with Crippen molar-refractivity contribution in [2.45, 2.75) is 13.3 Å². The van der Waals surface area contributed by atoms with Crippen LogP contribution in [0.2, 0.25) is 0 Å². The van der Waals surface area contributed by atoms with E-state index in [-0.39, 0.29) is 41.9 Å². The molecule has 0 bridgehead atoms. The summed E-state index contributed by atoms with van der Waals surface area (Å²) in [5.74, 6) is -1.27. The van der Waals surface area contributed by atoms with Crippen LogP contribution in [0.4, 0.5) is 5.69 Å². The van der Waals surface area contributed by atoms with E-state index in [9.17, 15) is 14.7 Å². The van der Waals surface area contributed by atoms with Crippen LogP contribution in [-0.4, -0.2) is 11.9 Å². The summed E-state index contributed by atoms with van der Waals surface area (Å²) in [6, 6.07) is 6.58. The molecule has 74 valence electrons. The maximum absolute atomic E-state index is 10.7. The molecule has 1 N–H and O–H groups in total. The van der Waals surface area contributed by atoms with E-state index in [4.69, 9.17) is 0 Å². The summed E-state index contributed by atoms with van der Waals surface area (Å²) in [7, 11) is 0. The summed E-state index contributed by atoms with van der Waals surface area (Å²) in [5, 5.41) is 12.8. The van der Waals surface area contributed by atoms with Gasteiger partial charge in [0, 0.05) is 25.0 Å². The largest absolute Gasteiger partial charge is 1.00 e. The molecule has 1 rings (SSSR count). The third-order valence-electron chi connectivity index (χ3n) is 1.62. The molecule has 1 aromatic carbocycles. The molecule has 4 nitrogen and oxygen atoms in total. The number of aliphatic carboxylic acids is 1. The van der Waals surface area contributed by atoms with Crippen molar-refractivity contribution >= 4 is 17.6 Å². The number of carboxylic acids is 1. The topological polar surface area (TPSA) is 69.2 Å². The third kappa shape index (κ3) is 5.57. The first-order chi connectivity index (χ1) is 6.58. The Hall–Kier alpha value is -0.840. The fourth-order valence-corrected chi connectivity index (χ4v) is 1.08. The summed E-state index contributed by atoms with van der Waals surface area (Å²) in [6.45, 7) is 1.41. The SMILES string of the molecule is CC(=O)Nc1ccc(CC(=O)[O-])cc1.[Na+]. The molecule has 0 aliphatic carbocycles. The van der Waals surface area contributed by atoms with E-state index >= 15 is 0 Å². The van der Waals surface area contributed by atoms with Gasteiger partial charge in [-0.25, -0.2) is 0 Å². The number of nitrogens with one attached hydrogen (secondary N) is 1. The van der Waals surface area contributed by atoms with Crippen molar-refractivity contribution in [2.24, 2.45) is 0 Å². The number of rotatable bonds is 3. The van der Waals surface area contributed by atoms with Crippen LogP contribution in [0.1, 0.15) is 12.5 Å². The van der Waals surface area contributed by atoms with Gasteiger partial charge in [-0.15, -0.1) is 0 Å². The van der Waals surface area contributed by atoms with E-state index < -0.39 is 5.97 Å². The molecule has 1 amide bonds. The van der Waals surface area contributed by atoms with Gasteiger partial charge in [0.05, 0.1) is 0 Å². The molecule has 0 radical (unpaired) electrons. The summed E-state index contributed by atoms with van der Waals surface area (Å²) in [4.78, 5) is 20.9. The normalized spacial score (nSPS) is 8.87. The van der Waals surface area contributed by atoms with Gasteiger partial charge in [-0.2, -0.15) is 0 Å². The average Bonchev–Trinajstić information content (AvgIpc) is 2.06. The minimum Gasteiger partial charge on any atom is -0.550 e. The van der Waals surface area contributed by atoms with Crippen LogP contribution < -0.4 is 40.0 Å². The van der Waals surface area contributed by atoms with Crippen molar-refractivity contribution in [3.63, 3.8) is 0 Å². The fourth-order valence-electron chi connectivity index (χ4n) is 1.08. The standard InChI is InChI=1S/C10H11NO3.Na/c1-7(12)11-9-4-2-8(3-5-9)6-10(13)14;/h2-5H,6H2,1H3,(H,11,12)(H,13,14);/q;+1/p-1. The number of hydrogen-bond acceptors (Lipinski definition) is 3. The Morgan fingerprint density at radius 3 is 2.20 bits per heavy atom. The van der Waals surface area contributed by atoms with E-state index in [0.717, 1.165) is 0 Å². The molecule has 1 aromatic rings. The maximum atomic E-state index is 10.7. The zero-order valence-electron chi connectivity index (χ0n) is 8.74. The first-order valence-corrected chi connectivity index (χ1v) is 4.14. The van der Waals surface area contributed by atoms with Gasteiger partial charge >= 0.3 is 29.6 Å². The Kier molecular flexibility index (Phi) is 6.24. The zero-order valence-corrected chi connectivity index (χ0v) is 10.7. The van der Waals surface area contributed by atoms with E-state index in [1.54, 1.807) is 24.3 Å². The summed E-state index contributed by atoms with van der Waals surface area (Å²) >= 11 is 0. The second-order valence-corrected chi connectivity index (χ2v) is 2.93. The molecular weight excluding hydrogens is 205 g/mol. The molecule has 5 heteroatoms. The van der Waals surface area contributed by atoms with Crippen molar-refractivity contribution < 1.29 is 44.3 Å². The first-order valence-electron chi connectivity index (χ1n) is 4.14. The van der Waals surface area contributed by atoms with Crippen molar-refractivity contribution in [1.82, 2.24) is 0 Å². The molecule has 0 fully saturated rings. The molecule has 0 aliphatic rings. The second-order valence-electron chi connectivity index (χ2n) is 2.93. The minimum absolute atomic E-state index is 0. The van der Waals surface area contributed by atoms with E-state index in [1.807, 2.05) is 0 Å². The number of carbonyl (C=O) groups is 2. The Morgan fingerprint density at radius 1 is 1.27 bits per heavy atom. The second kappa shape index (κ2) is 6.61. The van der Waals surface area contributed by atoms with E-state index in [0.29, 0.717) is 11.3 Å². The number of benzene rings is 1. The molecule has 0 heterocycles. The average molecular weight is 215 g/mol. The Morgan fingerprint density at radius 2 is 1.80 bits per heavy atom. The van der Waals surface area contributed by atoms with Gasteiger partial charge < -0.3 is 15.2 Å². The van der Waals surface area contributed by atoms with Crippen molar-refractivity contribution in [2.75, 3.05) is 5.32 Å². The molecule has 0 aliphatic heterocycles. The number of carboxylic acid groups (broad SMARTS) is 1. The van der Waals surface area contributed by atoms with Crippen LogP contribution in [0.5, 0.6) is 0 Å². The van der Waals surface area contributed by atoms with Gasteiger partial charge in [-0.1, -0.05) is 12.1 Å². The van der Waals surface area contributed by atoms with Gasteiger partial charge in [0.2, 0.25) is 5.91 Å². The van der Waals surface area contributed by atoms with Gasteiger partial charge in [0.25, 0.3) is 0 Å². The quantitative estimate of drug-likeness (QED) is 0.544. The number of carbonyl (C=O) groups excluding carboxylic acids is 2. The molecular formula is C10H10NNaO3. The van der Waals surface area contributed by atoms with Crippen molar-refractivity contribution in [3.05, 3.63) is 29.8 Å². The predicted octanol–water partition coefficient (Wildman–Crippen LogP) is -3.06. The summed E-state index contributed by atoms with van der Waals surface area (Å²) in [6.07, 6.45) is -0.111. The van der Waals surface area contributed by atoms with Gasteiger partial charge in [0.15, 0.2) is 0 Å². The molecule has 0 saturated heterocycles. The van der Waals surface area contributed by atoms with Gasteiger partial charge in [-0.3, -0.25) is 4.79 Å². The van der Waals surface area contributed by atoms with Crippen molar-refractivity contribution in [3.8, 4) is 0 Å². The van der Waals surface area contributed by atoms with E-state index in [1.165, 1.54) is 6.92 Å². The third-order valence-corrected chi connectivity index (χ3v) is 1.62. The molecule has 0 aromatic heterocycles. The van der Waals surface area contributed by atoms with Crippen LogP contribution in [-0.2, 0) is 16.0 Å². The molecule has 0 unspecified atom stereocenters. The monoisotopic (exact) mass is 215 g/mol.